The van der Waals surface area contributed by atoms with Gasteiger partial charge in [-0.25, -0.2) is 0 Å². The molecular weight excluding hydrogens is 397 g/mol. The van der Waals surface area contributed by atoms with Crippen LogP contribution in [-0.2, 0) is 9.47 Å². The minimum Gasteiger partial charge on any atom is -0.388 e. The third-order valence-electron chi connectivity index (χ3n) is 4.18. The highest BCUT2D eigenvalue weighted by molar-refractivity contribution is 14.0. The van der Waals surface area contributed by atoms with Gasteiger partial charge in [0, 0.05) is 26.7 Å². The summed E-state index contributed by atoms with van der Waals surface area (Å²) in [5.74, 6) is 0.877. The minimum atomic E-state index is -0.598. The Balaban J connectivity index is 0.00000242. The molecule has 2 fully saturated rings. The maximum atomic E-state index is 10.4. The molecule has 7 heteroatoms. The molecule has 0 aromatic heterocycles. The molecule has 1 atom stereocenters. The third-order valence-corrected chi connectivity index (χ3v) is 4.18. The Kier molecular flexibility index (Phi) is 8.96. The molecule has 2 N–H and O–H groups in total. The predicted octanol–water partition coefficient (Wildman–Crippen LogP) is 1.22. The Morgan fingerprint density at radius 2 is 2.18 bits per heavy atom. The quantitative estimate of drug-likeness (QED) is 0.393. The fraction of sp³-hybridized carbons (Fsp3) is 0.933. The van der Waals surface area contributed by atoms with Gasteiger partial charge in [0.1, 0.15) is 0 Å². The lowest BCUT2D eigenvalue weighted by molar-refractivity contribution is -0.0448. The van der Waals surface area contributed by atoms with E-state index in [4.69, 9.17) is 9.47 Å². The number of ether oxygens (including phenoxy) is 2. The summed E-state index contributed by atoms with van der Waals surface area (Å²) in [7, 11) is 1.69. The van der Waals surface area contributed by atoms with E-state index in [0.717, 1.165) is 51.3 Å². The molecule has 2 rings (SSSR count). The Morgan fingerprint density at radius 3 is 2.82 bits per heavy atom. The number of guanidine groups is 1. The van der Waals surface area contributed by atoms with Gasteiger partial charge in [-0.1, -0.05) is 12.8 Å². The van der Waals surface area contributed by atoms with Crippen molar-refractivity contribution >= 4 is 29.9 Å². The lowest BCUT2D eigenvalue weighted by Gasteiger charge is -2.35. The van der Waals surface area contributed by atoms with Gasteiger partial charge in [-0.05, 0) is 19.8 Å². The van der Waals surface area contributed by atoms with Crippen LogP contribution in [0.3, 0.4) is 0 Å². The van der Waals surface area contributed by atoms with Crippen molar-refractivity contribution in [2.45, 2.75) is 44.3 Å². The molecule has 2 aliphatic rings. The highest BCUT2D eigenvalue weighted by Crippen LogP contribution is 2.29. The van der Waals surface area contributed by atoms with E-state index in [9.17, 15) is 5.11 Å². The normalized spacial score (nSPS) is 25.0. The van der Waals surface area contributed by atoms with E-state index >= 15 is 0 Å². The van der Waals surface area contributed by atoms with Crippen LogP contribution in [0.5, 0.6) is 0 Å². The van der Waals surface area contributed by atoms with Crippen LogP contribution >= 0.6 is 24.0 Å². The van der Waals surface area contributed by atoms with Crippen molar-refractivity contribution in [3.63, 3.8) is 0 Å². The van der Waals surface area contributed by atoms with Crippen molar-refractivity contribution in [1.82, 2.24) is 10.2 Å². The molecule has 22 heavy (non-hydrogen) atoms. The van der Waals surface area contributed by atoms with Gasteiger partial charge in [0.2, 0.25) is 0 Å². The Labute approximate surface area is 150 Å². The molecule has 1 aliphatic carbocycles. The monoisotopic (exact) mass is 427 g/mol. The second-order valence-electron chi connectivity index (χ2n) is 6.00. The van der Waals surface area contributed by atoms with Gasteiger partial charge >= 0.3 is 0 Å². The van der Waals surface area contributed by atoms with Gasteiger partial charge in [-0.2, -0.15) is 0 Å². The largest absolute Gasteiger partial charge is 0.388 e. The first-order chi connectivity index (χ1) is 10.2. The number of halogens is 1. The Hall–Kier alpha value is -0.120. The zero-order chi connectivity index (χ0) is 15.1. The van der Waals surface area contributed by atoms with Crippen LogP contribution in [0.2, 0.25) is 0 Å². The van der Waals surface area contributed by atoms with Crippen LogP contribution in [-0.4, -0.2) is 74.2 Å². The number of hydrogen-bond acceptors (Lipinski definition) is 4. The summed E-state index contributed by atoms with van der Waals surface area (Å²) in [6.07, 6.45) is 4.03. The van der Waals surface area contributed by atoms with Crippen LogP contribution in [0.25, 0.3) is 0 Å². The van der Waals surface area contributed by atoms with Crippen LogP contribution in [0.15, 0.2) is 4.99 Å². The highest BCUT2D eigenvalue weighted by Gasteiger charge is 2.31. The summed E-state index contributed by atoms with van der Waals surface area (Å²) in [6, 6.07) is 0. The molecule has 0 amide bonds. The molecule has 1 aliphatic heterocycles. The number of nitrogens with zero attached hydrogens (tertiary/aromatic N) is 2. The van der Waals surface area contributed by atoms with Gasteiger partial charge in [-0.15, -0.1) is 24.0 Å². The fourth-order valence-corrected chi connectivity index (χ4v) is 3.04. The molecule has 0 spiro atoms. The SMILES string of the molecule is CCNC(=NCC1(O)CCCC1)N1CCOC(COC)C1.I. The van der Waals surface area contributed by atoms with Crippen LogP contribution in [0.4, 0.5) is 0 Å². The van der Waals surface area contributed by atoms with Gasteiger partial charge in [0.05, 0.1) is 31.5 Å². The average molecular weight is 427 g/mol. The van der Waals surface area contributed by atoms with Crippen molar-refractivity contribution in [2.24, 2.45) is 4.99 Å². The van der Waals surface area contributed by atoms with Crippen LogP contribution in [0.1, 0.15) is 32.6 Å². The van der Waals surface area contributed by atoms with Crippen molar-refractivity contribution in [1.29, 1.82) is 0 Å². The molecule has 0 aromatic carbocycles. The van der Waals surface area contributed by atoms with Crippen LogP contribution in [0, 0.1) is 0 Å². The van der Waals surface area contributed by atoms with Crippen LogP contribution < -0.4 is 5.32 Å². The van der Waals surface area contributed by atoms with Gasteiger partial charge in [0.25, 0.3) is 0 Å². The molecular formula is C15H30IN3O3. The molecule has 0 radical (unpaired) electrons. The molecule has 130 valence electrons. The van der Waals surface area contributed by atoms with E-state index in [-0.39, 0.29) is 30.1 Å². The molecule has 1 saturated carbocycles. The smallest absolute Gasteiger partial charge is 0.194 e. The number of hydrogen-bond donors (Lipinski definition) is 2. The van der Waals surface area contributed by atoms with Gasteiger partial charge < -0.3 is 24.8 Å². The van der Waals surface area contributed by atoms with Gasteiger partial charge in [-0.3, -0.25) is 4.99 Å². The minimum absolute atomic E-state index is 0. The average Bonchev–Trinajstić information content (AvgIpc) is 2.91. The number of aliphatic imine (C=N–C) groups is 1. The van der Waals surface area contributed by atoms with Crippen molar-refractivity contribution in [3.05, 3.63) is 0 Å². The summed E-state index contributed by atoms with van der Waals surface area (Å²) in [5, 5.41) is 13.8. The van der Waals surface area contributed by atoms with E-state index in [1.165, 1.54) is 0 Å². The van der Waals surface area contributed by atoms with E-state index in [1.54, 1.807) is 7.11 Å². The summed E-state index contributed by atoms with van der Waals surface area (Å²) in [5.41, 5.74) is -0.598. The second-order valence-corrected chi connectivity index (χ2v) is 6.00. The summed E-state index contributed by atoms with van der Waals surface area (Å²) >= 11 is 0. The lowest BCUT2D eigenvalue weighted by atomic mass is 10.0. The van der Waals surface area contributed by atoms with E-state index < -0.39 is 5.60 Å². The summed E-state index contributed by atoms with van der Waals surface area (Å²) in [6.45, 7) is 6.25. The molecule has 1 unspecified atom stereocenters. The maximum Gasteiger partial charge on any atom is 0.194 e. The number of nitrogens with one attached hydrogen (secondary N) is 1. The topological polar surface area (TPSA) is 66.3 Å². The number of methoxy groups -OCH3 is 1. The molecule has 6 nitrogen and oxygen atoms in total. The zero-order valence-corrected chi connectivity index (χ0v) is 16.0. The molecule has 0 aromatic rings. The summed E-state index contributed by atoms with van der Waals surface area (Å²) < 4.78 is 10.9. The number of morpholine rings is 1. The first kappa shape index (κ1) is 19.9. The maximum absolute atomic E-state index is 10.4. The highest BCUT2D eigenvalue weighted by atomic mass is 127. The molecule has 1 heterocycles. The number of rotatable bonds is 5. The zero-order valence-electron chi connectivity index (χ0n) is 13.7. The van der Waals surface area contributed by atoms with E-state index in [0.29, 0.717) is 19.8 Å². The van der Waals surface area contributed by atoms with Gasteiger partial charge in [0.15, 0.2) is 5.96 Å². The first-order valence-corrected chi connectivity index (χ1v) is 8.03. The molecule has 1 saturated heterocycles. The summed E-state index contributed by atoms with van der Waals surface area (Å²) in [4.78, 5) is 6.87. The van der Waals surface area contributed by atoms with E-state index in [1.807, 2.05) is 0 Å². The van der Waals surface area contributed by atoms with Crippen molar-refractivity contribution < 1.29 is 14.6 Å². The standard InChI is InChI=1S/C15H29N3O3.HI/c1-3-16-14(17-12-15(19)6-4-5-7-15)18-8-9-21-13(10-18)11-20-2;/h13,19H,3-12H2,1-2H3,(H,16,17);1H. The predicted molar refractivity (Wildman–Crippen MR) is 98.0 cm³/mol. The molecule has 0 bridgehead atoms. The van der Waals surface area contributed by atoms with E-state index in [2.05, 4.69) is 22.1 Å². The Morgan fingerprint density at radius 1 is 1.45 bits per heavy atom. The fourth-order valence-electron chi connectivity index (χ4n) is 3.04. The van der Waals surface area contributed by atoms with Crippen molar-refractivity contribution in [2.75, 3.05) is 46.5 Å². The lowest BCUT2D eigenvalue weighted by Crippen LogP contribution is -2.52. The third kappa shape index (κ3) is 5.82. The second kappa shape index (κ2) is 9.89. The Bertz CT molecular complexity index is 347. The number of aliphatic hydroxyl groups is 1. The first-order valence-electron chi connectivity index (χ1n) is 8.03. The van der Waals surface area contributed by atoms with Crippen molar-refractivity contribution in [3.8, 4) is 0 Å².